The minimum Gasteiger partial charge on any atom is -0.497 e. The summed E-state index contributed by atoms with van der Waals surface area (Å²) in [4.78, 5) is 6.84. The average Bonchev–Trinajstić information content (AvgIpc) is 2.76. The highest BCUT2D eigenvalue weighted by Gasteiger charge is 2.23. The normalized spacial score (nSPS) is 16.6. The van der Waals surface area contributed by atoms with E-state index in [1.54, 1.807) is 14.2 Å². The van der Waals surface area contributed by atoms with Crippen molar-refractivity contribution in [3.05, 3.63) is 29.8 Å². The van der Waals surface area contributed by atoms with Crippen LogP contribution in [0.1, 0.15) is 30.9 Å². The molecular formula is C21H36N4O3. The van der Waals surface area contributed by atoms with Crippen molar-refractivity contribution in [1.29, 1.82) is 0 Å². The fourth-order valence-corrected chi connectivity index (χ4v) is 3.34. The van der Waals surface area contributed by atoms with Gasteiger partial charge < -0.3 is 24.8 Å². The Morgan fingerprint density at radius 3 is 2.50 bits per heavy atom. The van der Waals surface area contributed by atoms with Crippen molar-refractivity contribution >= 4 is 5.96 Å². The van der Waals surface area contributed by atoms with E-state index in [0.717, 1.165) is 77.0 Å². The minimum absolute atomic E-state index is 0.259. The molecule has 1 aliphatic heterocycles. The molecule has 1 saturated heterocycles. The summed E-state index contributed by atoms with van der Waals surface area (Å²) < 4.78 is 15.9. The summed E-state index contributed by atoms with van der Waals surface area (Å²) in [5.74, 6) is 1.72. The molecule has 1 atom stereocenters. The molecule has 7 nitrogen and oxygen atoms in total. The van der Waals surface area contributed by atoms with Gasteiger partial charge in [0.25, 0.3) is 0 Å². The maximum atomic E-state index is 5.54. The number of morpholine rings is 1. The van der Waals surface area contributed by atoms with Crippen molar-refractivity contribution in [3.8, 4) is 5.75 Å². The molecule has 0 amide bonds. The topological polar surface area (TPSA) is 67.4 Å². The number of ether oxygens (including phenoxy) is 3. The van der Waals surface area contributed by atoms with E-state index in [1.165, 1.54) is 5.56 Å². The monoisotopic (exact) mass is 392 g/mol. The Hall–Kier alpha value is -1.83. The zero-order valence-electron chi connectivity index (χ0n) is 17.6. The first kappa shape index (κ1) is 22.5. The third-order valence-corrected chi connectivity index (χ3v) is 4.99. The van der Waals surface area contributed by atoms with Gasteiger partial charge in [0.05, 0.1) is 26.4 Å². The second-order valence-corrected chi connectivity index (χ2v) is 6.87. The summed E-state index contributed by atoms with van der Waals surface area (Å²) >= 11 is 0. The highest BCUT2D eigenvalue weighted by molar-refractivity contribution is 5.79. The summed E-state index contributed by atoms with van der Waals surface area (Å²) in [6, 6.07) is 8.60. The van der Waals surface area contributed by atoms with Gasteiger partial charge in [-0.2, -0.15) is 0 Å². The molecular weight excluding hydrogens is 356 g/mol. The van der Waals surface area contributed by atoms with Crippen molar-refractivity contribution in [2.75, 3.05) is 67.3 Å². The molecule has 2 N–H and O–H groups in total. The third-order valence-electron chi connectivity index (χ3n) is 4.99. The predicted molar refractivity (Wildman–Crippen MR) is 113 cm³/mol. The van der Waals surface area contributed by atoms with E-state index in [1.807, 2.05) is 19.2 Å². The lowest BCUT2D eigenvalue weighted by Gasteiger charge is -2.35. The van der Waals surface area contributed by atoms with Gasteiger partial charge in [0.1, 0.15) is 5.75 Å². The zero-order valence-corrected chi connectivity index (χ0v) is 17.6. The lowest BCUT2D eigenvalue weighted by Crippen LogP contribution is -2.46. The third kappa shape index (κ3) is 7.66. The van der Waals surface area contributed by atoms with Crippen LogP contribution in [0, 0.1) is 0 Å². The van der Waals surface area contributed by atoms with Crippen LogP contribution in [-0.4, -0.2) is 78.1 Å². The largest absolute Gasteiger partial charge is 0.497 e. The van der Waals surface area contributed by atoms with Crippen LogP contribution in [0.5, 0.6) is 5.75 Å². The number of hydrogen-bond donors (Lipinski definition) is 2. The Bertz CT molecular complexity index is 559. The number of rotatable bonds is 11. The molecule has 158 valence electrons. The van der Waals surface area contributed by atoms with Crippen LogP contribution in [-0.2, 0) is 9.47 Å². The quantitative estimate of drug-likeness (QED) is 0.341. The maximum absolute atomic E-state index is 5.54. The van der Waals surface area contributed by atoms with Gasteiger partial charge in [-0.1, -0.05) is 12.1 Å². The van der Waals surface area contributed by atoms with Gasteiger partial charge in [0.15, 0.2) is 5.96 Å². The first-order valence-electron chi connectivity index (χ1n) is 10.2. The molecule has 0 radical (unpaired) electrons. The van der Waals surface area contributed by atoms with Gasteiger partial charge in [-0.3, -0.25) is 9.89 Å². The fourth-order valence-electron chi connectivity index (χ4n) is 3.34. The minimum atomic E-state index is 0.259. The highest BCUT2D eigenvalue weighted by atomic mass is 16.5. The van der Waals surface area contributed by atoms with Gasteiger partial charge in [-0.15, -0.1) is 0 Å². The number of nitrogens with zero attached hydrogens (tertiary/aromatic N) is 2. The Morgan fingerprint density at radius 1 is 1.11 bits per heavy atom. The number of hydrogen-bond acceptors (Lipinski definition) is 5. The van der Waals surface area contributed by atoms with Gasteiger partial charge in [0.2, 0.25) is 0 Å². The zero-order chi connectivity index (χ0) is 20.0. The standard InChI is InChI=1S/C21H36N4O3/c1-22-21(23-11-5-4-6-14-26-2)24-17-20(25-12-15-28-16-13-25)18-7-9-19(27-3)10-8-18/h7-10,20H,4-6,11-17H2,1-3H3,(H2,22,23,24). The summed E-state index contributed by atoms with van der Waals surface area (Å²) in [6.07, 6.45) is 3.36. The fraction of sp³-hybridized carbons (Fsp3) is 0.667. The molecule has 0 bridgehead atoms. The number of aliphatic imine (C=N–C) groups is 1. The first-order chi connectivity index (χ1) is 13.8. The van der Waals surface area contributed by atoms with Gasteiger partial charge in [0, 0.05) is 46.9 Å². The van der Waals surface area contributed by atoms with E-state index < -0.39 is 0 Å². The van der Waals surface area contributed by atoms with Crippen LogP contribution >= 0.6 is 0 Å². The van der Waals surface area contributed by atoms with Crippen molar-refractivity contribution in [3.63, 3.8) is 0 Å². The van der Waals surface area contributed by atoms with E-state index >= 15 is 0 Å². The van der Waals surface area contributed by atoms with Crippen molar-refractivity contribution in [2.24, 2.45) is 4.99 Å². The van der Waals surface area contributed by atoms with Crippen molar-refractivity contribution in [2.45, 2.75) is 25.3 Å². The van der Waals surface area contributed by atoms with E-state index in [4.69, 9.17) is 14.2 Å². The van der Waals surface area contributed by atoms with Gasteiger partial charge >= 0.3 is 0 Å². The molecule has 0 spiro atoms. The number of benzene rings is 1. The van der Waals surface area contributed by atoms with Gasteiger partial charge in [-0.05, 0) is 37.0 Å². The van der Waals surface area contributed by atoms with E-state index in [0.29, 0.717) is 0 Å². The van der Waals surface area contributed by atoms with Crippen LogP contribution in [0.3, 0.4) is 0 Å². The molecule has 1 fully saturated rings. The summed E-state index contributed by atoms with van der Waals surface area (Å²) in [5.41, 5.74) is 1.27. The summed E-state index contributed by atoms with van der Waals surface area (Å²) in [5, 5.41) is 6.91. The molecule has 7 heteroatoms. The molecule has 1 aromatic rings. The summed E-state index contributed by atoms with van der Waals surface area (Å²) in [6.45, 7) is 5.95. The van der Waals surface area contributed by atoms with E-state index in [2.05, 4.69) is 32.7 Å². The molecule has 1 aliphatic rings. The molecule has 28 heavy (non-hydrogen) atoms. The van der Waals surface area contributed by atoms with Crippen LogP contribution in [0.2, 0.25) is 0 Å². The average molecular weight is 393 g/mol. The van der Waals surface area contributed by atoms with Crippen molar-refractivity contribution in [1.82, 2.24) is 15.5 Å². The van der Waals surface area contributed by atoms with Crippen LogP contribution in [0.4, 0.5) is 0 Å². The summed E-state index contributed by atoms with van der Waals surface area (Å²) in [7, 11) is 5.26. The molecule has 0 aliphatic carbocycles. The molecule has 2 rings (SSSR count). The Labute approximate surface area is 169 Å². The number of methoxy groups -OCH3 is 2. The molecule has 0 aromatic heterocycles. The highest BCUT2D eigenvalue weighted by Crippen LogP contribution is 2.23. The first-order valence-corrected chi connectivity index (χ1v) is 10.2. The molecule has 1 heterocycles. The van der Waals surface area contributed by atoms with E-state index in [-0.39, 0.29) is 6.04 Å². The maximum Gasteiger partial charge on any atom is 0.191 e. The number of guanidine groups is 1. The lowest BCUT2D eigenvalue weighted by molar-refractivity contribution is 0.0170. The number of nitrogens with one attached hydrogen (secondary N) is 2. The second-order valence-electron chi connectivity index (χ2n) is 6.87. The van der Waals surface area contributed by atoms with Gasteiger partial charge in [-0.25, -0.2) is 0 Å². The Balaban J connectivity index is 1.89. The van der Waals surface area contributed by atoms with Crippen LogP contribution in [0.15, 0.2) is 29.3 Å². The molecule has 0 saturated carbocycles. The Kier molecular flexibility index (Phi) is 10.7. The Morgan fingerprint density at radius 2 is 1.86 bits per heavy atom. The number of unbranched alkanes of at least 4 members (excludes halogenated alkanes) is 2. The van der Waals surface area contributed by atoms with Crippen molar-refractivity contribution < 1.29 is 14.2 Å². The van der Waals surface area contributed by atoms with Crippen LogP contribution < -0.4 is 15.4 Å². The predicted octanol–water partition coefficient (Wildman–Crippen LogP) is 2.05. The smallest absolute Gasteiger partial charge is 0.191 e. The second kappa shape index (κ2) is 13.4. The van der Waals surface area contributed by atoms with E-state index in [9.17, 15) is 0 Å². The SMILES string of the molecule is CN=C(NCCCCCOC)NCC(c1ccc(OC)cc1)N1CCOCC1. The molecule has 1 aromatic carbocycles. The lowest BCUT2D eigenvalue weighted by atomic mass is 10.0. The molecule has 1 unspecified atom stereocenters. The van der Waals surface area contributed by atoms with Crippen LogP contribution in [0.25, 0.3) is 0 Å².